The summed E-state index contributed by atoms with van der Waals surface area (Å²) < 4.78 is 5.50. The van der Waals surface area contributed by atoms with Crippen molar-refractivity contribution in [3.8, 4) is 0 Å². The zero-order valence-electron chi connectivity index (χ0n) is 12.0. The van der Waals surface area contributed by atoms with Crippen molar-refractivity contribution in [3.05, 3.63) is 30.0 Å². The third-order valence-electron chi connectivity index (χ3n) is 3.08. The highest BCUT2D eigenvalue weighted by atomic mass is 16.3. The maximum atomic E-state index is 11.9. The van der Waals surface area contributed by atoms with Crippen LogP contribution in [0.15, 0.2) is 28.7 Å². The zero-order chi connectivity index (χ0) is 14.5. The van der Waals surface area contributed by atoms with Crippen LogP contribution in [0.1, 0.15) is 23.4 Å². The summed E-state index contributed by atoms with van der Waals surface area (Å²) in [6.07, 6.45) is 2.01. The van der Waals surface area contributed by atoms with Crippen LogP contribution in [0.2, 0.25) is 0 Å². The van der Waals surface area contributed by atoms with Crippen molar-refractivity contribution in [2.24, 2.45) is 0 Å². The van der Waals surface area contributed by atoms with E-state index in [1.165, 1.54) is 0 Å². The number of carbonyl (C=O) groups excluding carboxylic acids is 1. The van der Waals surface area contributed by atoms with Crippen molar-refractivity contribution in [2.75, 3.05) is 32.9 Å². The number of nitrogens with one attached hydrogen (secondary N) is 1. The molecule has 0 saturated heterocycles. The van der Waals surface area contributed by atoms with E-state index >= 15 is 0 Å². The van der Waals surface area contributed by atoms with Crippen LogP contribution in [-0.4, -0.2) is 38.0 Å². The highest BCUT2D eigenvalue weighted by molar-refractivity contribution is 5.96. The monoisotopic (exact) mass is 275 g/mol. The van der Waals surface area contributed by atoms with Crippen LogP contribution in [0.25, 0.3) is 11.0 Å². The van der Waals surface area contributed by atoms with Gasteiger partial charge >= 0.3 is 0 Å². The Balaban J connectivity index is 1.88. The van der Waals surface area contributed by atoms with Gasteiger partial charge in [0.15, 0.2) is 5.76 Å². The number of anilines is 1. The van der Waals surface area contributed by atoms with Gasteiger partial charge in [0.25, 0.3) is 5.91 Å². The number of carbonyl (C=O) groups is 1. The summed E-state index contributed by atoms with van der Waals surface area (Å²) in [6.45, 7) is 1.69. The van der Waals surface area contributed by atoms with Gasteiger partial charge in [-0.15, -0.1) is 0 Å². The van der Waals surface area contributed by atoms with E-state index in [-0.39, 0.29) is 5.91 Å². The van der Waals surface area contributed by atoms with E-state index in [0.29, 0.717) is 23.6 Å². The second-order valence-corrected chi connectivity index (χ2v) is 5.17. The fraction of sp³-hybridized carbons (Fsp3) is 0.400. The first-order valence-corrected chi connectivity index (χ1v) is 6.78. The highest BCUT2D eigenvalue weighted by Gasteiger charge is 2.11. The Labute approximate surface area is 118 Å². The summed E-state index contributed by atoms with van der Waals surface area (Å²) in [5.74, 6) is 0.155. The Bertz CT molecular complexity index is 590. The summed E-state index contributed by atoms with van der Waals surface area (Å²) in [6, 6.07) is 7.06. The first-order chi connectivity index (χ1) is 9.56. The average Bonchev–Trinajstić information content (AvgIpc) is 2.80. The third kappa shape index (κ3) is 3.74. The molecule has 0 aliphatic rings. The maximum Gasteiger partial charge on any atom is 0.287 e. The molecular formula is C15H21N3O2. The van der Waals surface area contributed by atoms with Crippen LogP contribution in [0.4, 0.5) is 5.69 Å². The highest BCUT2D eigenvalue weighted by Crippen LogP contribution is 2.21. The zero-order valence-corrected chi connectivity index (χ0v) is 12.0. The van der Waals surface area contributed by atoms with E-state index in [9.17, 15) is 4.79 Å². The van der Waals surface area contributed by atoms with Gasteiger partial charge in [0.2, 0.25) is 0 Å². The third-order valence-corrected chi connectivity index (χ3v) is 3.08. The lowest BCUT2D eigenvalue weighted by atomic mass is 10.2. The lowest BCUT2D eigenvalue weighted by molar-refractivity contribution is 0.0927. The van der Waals surface area contributed by atoms with Crippen molar-refractivity contribution >= 4 is 22.6 Å². The number of rotatable bonds is 6. The number of nitrogen functional groups attached to an aromatic ring is 1. The number of unbranched alkanes of at least 4 members (excludes halogenated alkanes) is 1. The molecular weight excluding hydrogens is 254 g/mol. The number of furan rings is 1. The predicted molar refractivity (Wildman–Crippen MR) is 80.7 cm³/mol. The normalized spacial score (nSPS) is 11.2. The van der Waals surface area contributed by atoms with Crippen LogP contribution in [0, 0.1) is 0 Å². The lowest BCUT2D eigenvalue weighted by Gasteiger charge is -2.08. The topological polar surface area (TPSA) is 71.5 Å². The molecule has 0 unspecified atom stereocenters. The summed E-state index contributed by atoms with van der Waals surface area (Å²) in [5, 5.41) is 3.72. The van der Waals surface area contributed by atoms with Crippen molar-refractivity contribution in [1.82, 2.24) is 10.2 Å². The SMILES string of the molecule is CN(C)CCCCNC(=O)c1cc2cc(N)ccc2o1. The van der Waals surface area contributed by atoms with E-state index in [1.54, 1.807) is 24.3 Å². The van der Waals surface area contributed by atoms with Gasteiger partial charge < -0.3 is 20.4 Å². The van der Waals surface area contributed by atoms with Crippen LogP contribution in [0.3, 0.4) is 0 Å². The van der Waals surface area contributed by atoms with Crippen molar-refractivity contribution in [3.63, 3.8) is 0 Å². The summed E-state index contributed by atoms with van der Waals surface area (Å²) in [4.78, 5) is 14.1. The number of amides is 1. The predicted octanol–water partition coefficient (Wildman–Crippen LogP) is 2.09. The van der Waals surface area contributed by atoms with Crippen LogP contribution in [0.5, 0.6) is 0 Å². The molecule has 1 amide bonds. The van der Waals surface area contributed by atoms with Gasteiger partial charge in [0.05, 0.1) is 0 Å². The molecule has 2 aromatic rings. The second-order valence-electron chi connectivity index (χ2n) is 5.17. The molecule has 0 atom stereocenters. The number of nitrogens with zero attached hydrogens (tertiary/aromatic N) is 1. The fourth-order valence-electron chi connectivity index (χ4n) is 2.02. The molecule has 0 radical (unpaired) electrons. The molecule has 0 saturated carbocycles. The minimum Gasteiger partial charge on any atom is -0.451 e. The van der Waals surface area contributed by atoms with Gasteiger partial charge in [-0.2, -0.15) is 0 Å². The molecule has 5 heteroatoms. The van der Waals surface area contributed by atoms with E-state index in [0.717, 1.165) is 24.8 Å². The molecule has 1 aromatic heterocycles. The number of hydrogen-bond acceptors (Lipinski definition) is 4. The van der Waals surface area contributed by atoms with Gasteiger partial charge in [-0.25, -0.2) is 0 Å². The Morgan fingerprint density at radius 1 is 1.30 bits per heavy atom. The minimum atomic E-state index is -0.176. The molecule has 1 heterocycles. The Morgan fingerprint density at radius 2 is 2.10 bits per heavy atom. The van der Waals surface area contributed by atoms with E-state index < -0.39 is 0 Å². The van der Waals surface area contributed by atoms with Crippen molar-refractivity contribution in [2.45, 2.75) is 12.8 Å². The molecule has 20 heavy (non-hydrogen) atoms. The molecule has 0 spiro atoms. The number of fused-ring (bicyclic) bond motifs is 1. The van der Waals surface area contributed by atoms with Gasteiger partial charge in [-0.3, -0.25) is 4.79 Å². The van der Waals surface area contributed by atoms with E-state index in [2.05, 4.69) is 10.2 Å². The Morgan fingerprint density at radius 3 is 2.85 bits per heavy atom. The van der Waals surface area contributed by atoms with Crippen LogP contribution in [-0.2, 0) is 0 Å². The molecule has 0 aliphatic heterocycles. The molecule has 0 bridgehead atoms. The van der Waals surface area contributed by atoms with Crippen LogP contribution < -0.4 is 11.1 Å². The largest absolute Gasteiger partial charge is 0.451 e. The summed E-state index contributed by atoms with van der Waals surface area (Å²) in [7, 11) is 4.08. The van der Waals surface area contributed by atoms with Crippen molar-refractivity contribution in [1.29, 1.82) is 0 Å². The lowest BCUT2D eigenvalue weighted by Crippen LogP contribution is -2.24. The molecule has 3 N–H and O–H groups in total. The van der Waals surface area contributed by atoms with Gasteiger partial charge in [-0.1, -0.05) is 0 Å². The first kappa shape index (κ1) is 14.4. The Hall–Kier alpha value is -2.01. The Kier molecular flexibility index (Phi) is 4.63. The standard InChI is InChI=1S/C15H21N3O2/c1-18(2)8-4-3-7-17-15(19)14-10-11-9-12(16)5-6-13(11)20-14/h5-6,9-10H,3-4,7-8,16H2,1-2H3,(H,17,19). The molecule has 5 nitrogen and oxygen atoms in total. The molecule has 0 aliphatic carbocycles. The average molecular weight is 275 g/mol. The quantitative estimate of drug-likeness (QED) is 0.625. The molecule has 0 fully saturated rings. The van der Waals surface area contributed by atoms with Gasteiger partial charge in [0.1, 0.15) is 5.58 Å². The minimum absolute atomic E-state index is 0.176. The van der Waals surface area contributed by atoms with E-state index in [1.807, 2.05) is 14.1 Å². The van der Waals surface area contributed by atoms with Gasteiger partial charge in [0, 0.05) is 17.6 Å². The maximum absolute atomic E-state index is 11.9. The second kappa shape index (κ2) is 6.43. The summed E-state index contributed by atoms with van der Waals surface area (Å²) in [5.41, 5.74) is 7.04. The van der Waals surface area contributed by atoms with Gasteiger partial charge in [-0.05, 0) is 57.7 Å². The molecule has 2 rings (SSSR count). The van der Waals surface area contributed by atoms with Crippen molar-refractivity contribution < 1.29 is 9.21 Å². The fourth-order valence-corrected chi connectivity index (χ4v) is 2.02. The number of hydrogen-bond donors (Lipinski definition) is 2. The number of benzene rings is 1. The van der Waals surface area contributed by atoms with Crippen LogP contribution >= 0.6 is 0 Å². The number of nitrogens with two attached hydrogens (primary N) is 1. The first-order valence-electron chi connectivity index (χ1n) is 6.78. The summed E-state index contributed by atoms with van der Waals surface area (Å²) >= 11 is 0. The molecule has 1 aromatic carbocycles. The molecule has 108 valence electrons. The van der Waals surface area contributed by atoms with E-state index in [4.69, 9.17) is 10.2 Å². The smallest absolute Gasteiger partial charge is 0.287 e.